The minimum atomic E-state index is -0.920. The summed E-state index contributed by atoms with van der Waals surface area (Å²) in [5.41, 5.74) is 0. The van der Waals surface area contributed by atoms with Gasteiger partial charge >= 0.3 is 5.97 Å². The average Bonchev–Trinajstić information content (AvgIpc) is 2.90. The van der Waals surface area contributed by atoms with Crippen LogP contribution in [0.2, 0.25) is 0 Å². The zero-order valence-electron chi connectivity index (χ0n) is 11.9. The van der Waals surface area contributed by atoms with Crippen molar-refractivity contribution >= 4 is 23.6 Å². The first-order chi connectivity index (χ1) is 10.1. The molecule has 21 heavy (non-hydrogen) atoms. The molecule has 2 aliphatic rings. The van der Waals surface area contributed by atoms with Crippen molar-refractivity contribution in [1.82, 2.24) is 4.90 Å². The highest BCUT2D eigenvalue weighted by atomic mass is 32.2. The predicted molar refractivity (Wildman–Crippen MR) is 79.1 cm³/mol. The second-order valence-electron chi connectivity index (χ2n) is 5.84. The molecule has 1 aromatic heterocycles. The van der Waals surface area contributed by atoms with Gasteiger partial charge in [-0.2, -0.15) is 0 Å². The molecule has 6 heteroatoms. The van der Waals surface area contributed by atoms with E-state index in [-0.39, 0.29) is 5.91 Å². The first kappa shape index (κ1) is 14.5. The summed E-state index contributed by atoms with van der Waals surface area (Å²) in [6.07, 6.45) is 2.02. The van der Waals surface area contributed by atoms with Gasteiger partial charge < -0.3 is 14.4 Å². The van der Waals surface area contributed by atoms with Gasteiger partial charge in [-0.25, -0.2) is 4.79 Å². The summed E-state index contributed by atoms with van der Waals surface area (Å²) in [4.78, 5) is 24.7. The van der Waals surface area contributed by atoms with Crippen LogP contribution in [0.15, 0.2) is 16.5 Å². The van der Waals surface area contributed by atoms with Crippen molar-refractivity contribution < 1.29 is 19.1 Å². The van der Waals surface area contributed by atoms with Gasteiger partial charge in [0.15, 0.2) is 0 Å². The monoisotopic (exact) mass is 309 g/mol. The van der Waals surface area contributed by atoms with Gasteiger partial charge in [-0.1, -0.05) is 6.92 Å². The third-order valence-electron chi connectivity index (χ3n) is 4.23. The van der Waals surface area contributed by atoms with E-state index < -0.39 is 12.0 Å². The Bertz CT molecular complexity index is 556. The zero-order chi connectivity index (χ0) is 15.0. The Morgan fingerprint density at radius 2 is 2.24 bits per heavy atom. The van der Waals surface area contributed by atoms with E-state index in [1.54, 1.807) is 0 Å². The summed E-state index contributed by atoms with van der Waals surface area (Å²) in [5.74, 6) is 3.00. The summed E-state index contributed by atoms with van der Waals surface area (Å²) in [6, 6.07) is 3.25. The van der Waals surface area contributed by atoms with E-state index in [2.05, 4.69) is 6.92 Å². The molecule has 1 N–H and O–H groups in total. The molecule has 1 saturated heterocycles. The van der Waals surface area contributed by atoms with Crippen LogP contribution in [0.5, 0.6) is 0 Å². The molecule has 3 rings (SSSR count). The highest BCUT2D eigenvalue weighted by Crippen LogP contribution is 2.47. The van der Waals surface area contributed by atoms with Crippen LogP contribution in [0, 0.1) is 5.92 Å². The Balaban J connectivity index is 1.53. The molecule has 1 saturated carbocycles. The van der Waals surface area contributed by atoms with E-state index in [0.29, 0.717) is 36.3 Å². The maximum atomic E-state index is 12.1. The molecule has 1 aliphatic heterocycles. The van der Waals surface area contributed by atoms with Crippen LogP contribution in [0.3, 0.4) is 0 Å². The van der Waals surface area contributed by atoms with Crippen molar-refractivity contribution in [2.45, 2.75) is 38.1 Å². The third kappa shape index (κ3) is 3.10. The number of hydrogen-bond acceptors (Lipinski definition) is 4. The van der Waals surface area contributed by atoms with Crippen molar-refractivity contribution in [1.29, 1.82) is 0 Å². The van der Waals surface area contributed by atoms with Gasteiger partial charge in [0.2, 0.25) is 5.91 Å². The Hall–Kier alpha value is -1.43. The van der Waals surface area contributed by atoms with Gasteiger partial charge in [0.25, 0.3) is 0 Å². The molecule has 0 aromatic carbocycles. The largest absolute Gasteiger partial charge is 0.480 e. The van der Waals surface area contributed by atoms with Gasteiger partial charge in [-0.3, -0.25) is 4.79 Å². The highest BCUT2D eigenvalue weighted by molar-refractivity contribution is 7.99. The second kappa shape index (κ2) is 5.75. The molecule has 5 nitrogen and oxygen atoms in total. The summed E-state index contributed by atoms with van der Waals surface area (Å²) in [6.45, 7) is 2.20. The predicted octanol–water partition coefficient (Wildman–Crippen LogP) is 2.32. The number of carboxylic acids is 1. The van der Waals surface area contributed by atoms with E-state index in [1.807, 2.05) is 12.1 Å². The Kier molecular flexibility index (Phi) is 3.97. The molecular weight excluding hydrogens is 290 g/mol. The second-order valence-corrected chi connectivity index (χ2v) is 6.84. The van der Waals surface area contributed by atoms with Gasteiger partial charge in [0, 0.05) is 24.5 Å². The smallest absolute Gasteiger partial charge is 0.327 e. The first-order valence-corrected chi connectivity index (χ1v) is 8.40. The molecular formula is C15H19NO4S. The van der Waals surface area contributed by atoms with Crippen LogP contribution in [0.1, 0.15) is 37.2 Å². The molecule has 1 amide bonds. The lowest BCUT2D eigenvalue weighted by atomic mass is 10.2. The number of rotatable bonds is 5. The van der Waals surface area contributed by atoms with Crippen molar-refractivity contribution in [3.05, 3.63) is 23.7 Å². The third-order valence-corrected chi connectivity index (χ3v) is 5.24. The van der Waals surface area contributed by atoms with Gasteiger partial charge in [-0.15, -0.1) is 11.8 Å². The summed E-state index contributed by atoms with van der Waals surface area (Å²) < 4.78 is 5.77. The maximum Gasteiger partial charge on any atom is 0.327 e. The number of amides is 1. The normalized spacial score (nSPS) is 27.9. The number of carboxylic acid groups (broad SMARTS) is 1. The number of hydrogen-bond donors (Lipinski definition) is 1. The Morgan fingerprint density at radius 3 is 2.90 bits per heavy atom. The minimum absolute atomic E-state index is 0.106. The number of carbonyl (C=O) groups excluding carboxylic acids is 1. The van der Waals surface area contributed by atoms with E-state index in [9.17, 15) is 9.59 Å². The number of thioether (sulfide) groups is 1. The summed E-state index contributed by atoms with van der Waals surface area (Å²) in [5, 5.41) is 9.09. The van der Waals surface area contributed by atoms with Crippen LogP contribution >= 0.6 is 11.8 Å². The molecule has 1 aliphatic carbocycles. The van der Waals surface area contributed by atoms with Crippen molar-refractivity contribution in [2.75, 3.05) is 11.6 Å². The van der Waals surface area contributed by atoms with Crippen molar-refractivity contribution in [3.8, 4) is 0 Å². The number of aliphatic carboxylic acids is 1. The molecule has 0 bridgehead atoms. The number of aryl methyl sites for hydroxylation is 1. The summed E-state index contributed by atoms with van der Waals surface area (Å²) in [7, 11) is 0. The molecule has 114 valence electrons. The SMILES string of the molecule is CC1CC1c1ccc(CCC(=O)N2CSCC2C(=O)O)o1. The number of carbonyl (C=O) groups is 2. The summed E-state index contributed by atoms with van der Waals surface area (Å²) >= 11 is 1.49. The topological polar surface area (TPSA) is 70.8 Å². The van der Waals surface area contributed by atoms with Crippen LogP contribution < -0.4 is 0 Å². The highest BCUT2D eigenvalue weighted by Gasteiger charge is 2.37. The van der Waals surface area contributed by atoms with Crippen LogP contribution in [0.4, 0.5) is 0 Å². The number of nitrogens with zero attached hydrogens (tertiary/aromatic N) is 1. The van der Waals surface area contributed by atoms with E-state index in [0.717, 1.165) is 11.5 Å². The van der Waals surface area contributed by atoms with Crippen LogP contribution in [0.25, 0.3) is 0 Å². The Labute approximate surface area is 127 Å². The van der Waals surface area contributed by atoms with Crippen molar-refractivity contribution in [3.63, 3.8) is 0 Å². The Morgan fingerprint density at radius 1 is 1.48 bits per heavy atom. The fourth-order valence-electron chi connectivity index (χ4n) is 2.71. The van der Waals surface area contributed by atoms with Crippen molar-refractivity contribution in [2.24, 2.45) is 5.92 Å². The van der Waals surface area contributed by atoms with Crippen LogP contribution in [-0.2, 0) is 16.0 Å². The van der Waals surface area contributed by atoms with E-state index in [1.165, 1.54) is 23.1 Å². The van der Waals surface area contributed by atoms with Gasteiger partial charge in [0.05, 0.1) is 5.88 Å². The van der Waals surface area contributed by atoms with Gasteiger partial charge in [-0.05, 0) is 24.5 Å². The zero-order valence-corrected chi connectivity index (χ0v) is 12.8. The standard InChI is InChI=1S/C15H19NO4S/c1-9-6-11(9)13-4-2-10(20-13)3-5-14(17)16-8-21-7-12(16)15(18)19/h2,4,9,11-12H,3,5-8H2,1H3,(H,18,19). The fraction of sp³-hybridized carbons (Fsp3) is 0.600. The minimum Gasteiger partial charge on any atom is -0.480 e. The maximum absolute atomic E-state index is 12.1. The number of furan rings is 1. The van der Waals surface area contributed by atoms with E-state index >= 15 is 0 Å². The molecule has 3 unspecified atom stereocenters. The van der Waals surface area contributed by atoms with Gasteiger partial charge in [0.1, 0.15) is 17.6 Å². The average molecular weight is 309 g/mol. The molecule has 2 heterocycles. The van der Waals surface area contributed by atoms with E-state index in [4.69, 9.17) is 9.52 Å². The first-order valence-electron chi connectivity index (χ1n) is 7.25. The molecule has 3 atom stereocenters. The quantitative estimate of drug-likeness (QED) is 0.904. The fourth-order valence-corrected chi connectivity index (χ4v) is 3.89. The molecule has 0 radical (unpaired) electrons. The molecule has 1 aromatic rings. The molecule has 0 spiro atoms. The lowest BCUT2D eigenvalue weighted by Crippen LogP contribution is -2.41. The lowest BCUT2D eigenvalue weighted by Gasteiger charge is -2.20. The van der Waals surface area contributed by atoms with Crippen LogP contribution in [-0.4, -0.2) is 39.6 Å². The lowest BCUT2D eigenvalue weighted by molar-refractivity contribution is -0.147. The molecule has 2 fully saturated rings.